The Morgan fingerprint density at radius 1 is 1.42 bits per heavy atom. The molecule has 1 amide bonds. The number of hydrogen-bond donors (Lipinski definition) is 1. The number of benzene rings is 1. The zero-order valence-corrected chi connectivity index (χ0v) is 13.2. The number of ether oxygens (including phenoxy) is 1. The zero-order chi connectivity index (χ0) is 14.3. The summed E-state index contributed by atoms with van der Waals surface area (Å²) in [5, 5.41) is 3.94. The lowest BCUT2D eigenvalue weighted by Gasteiger charge is -2.12. The van der Waals surface area contributed by atoms with Crippen LogP contribution in [0.4, 0.5) is 0 Å². The van der Waals surface area contributed by atoms with Crippen LogP contribution in [-0.2, 0) is 15.3 Å². The SMILES string of the molecule is COCC(C)NC(=O)CSCc1ccc(Cl)c(Cl)c1. The number of thioether (sulfide) groups is 1. The van der Waals surface area contributed by atoms with Gasteiger partial charge in [0.15, 0.2) is 0 Å². The number of nitrogens with one attached hydrogen (secondary N) is 1. The second-order valence-electron chi connectivity index (χ2n) is 4.17. The van der Waals surface area contributed by atoms with E-state index in [1.165, 1.54) is 11.8 Å². The quantitative estimate of drug-likeness (QED) is 0.836. The van der Waals surface area contributed by atoms with Crippen LogP contribution in [0.3, 0.4) is 0 Å². The number of carbonyl (C=O) groups excluding carboxylic acids is 1. The molecule has 0 saturated heterocycles. The third-order valence-electron chi connectivity index (χ3n) is 2.31. The van der Waals surface area contributed by atoms with Crippen LogP contribution in [0.2, 0.25) is 10.0 Å². The van der Waals surface area contributed by atoms with Crippen LogP contribution in [0, 0.1) is 0 Å². The van der Waals surface area contributed by atoms with Gasteiger partial charge in [0, 0.05) is 18.9 Å². The zero-order valence-electron chi connectivity index (χ0n) is 10.9. The van der Waals surface area contributed by atoms with E-state index in [9.17, 15) is 4.79 Å². The molecule has 1 N–H and O–H groups in total. The van der Waals surface area contributed by atoms with E-state index in [0.29, 0.717) is 22.4 Å². The molecule has 1 aromatic rings. The summed E-state index contributed by atoms with van der Waals surface area (Å²) in [6.07, 6.45) is 0. The van der Waals surface area contributed by atoms with E-state index in [1.54, 1.807) is 13.2 Å². The average Bonchev–Trinajstić information content (AvgIpc) is 2.34. The molecule has 0 saturated carbocycles. The van der Waals surface area contributed by atoms with Gasteiger partial charge in [-0.3, -0.25) is 4.79 Å². The molecule has 0 heterocycles. The van der Waals surface area contributed by atoms with Crippen LogP contribution in [-0.4, -0.2) is 31.4 Å². The molecule has 0 radical (unpaired) electrons. The smallest absolute Gasteiger partial charge is 0.230 e. The minimum absolute atomic E-state index is 0.00890. The molecule has 6 heteroatoms. The lowest BCUT2D eigenvalue weighted by atomic mass is 10.2. The van der Waals surface area contributed by atoms with Crippen molar-refractivity contribution in [1.29, 1.82) is 0 Å². The molecule has 0 aliphatic rings. The van der Waals surface area contributed by atoms with Crippen LogP contribution in [0.15, 0.2) is 18.2 Å². The molecular formula is C13H17Cl2NO2S. The van der Waals surface area contributed by atoms with Gasteiger partial charge in [0.1, 0.15) is 0 Å². The number of hydrogen-bond acceptors (Lipinski definition) is 3. The van der Waals surface area contributed by atoms with Crippen molar-refractivity contribution in [3.8, 4) is 0 Å². The summed E-state index contributed by atoms with van der Waals surface area (Å²) in [5.74, 6) is 1.15. The first kappa shape index (κ1) is 16.6. The Balaban J connectivity index is 2.29. The lowest BCUT2D eigenvalue weighted by Crippen LogP contribution is -2.36. The minimum Gasteiger partial charge on any atom is -0.383 e. The van der Waals surface area contributed by atoms with Crippen molar-refractivity contribution in [2.45, 2.75) is 18.7 Å². The van der Waals surface area contributed by atoms with Crippen LogP contribution in [0.5, 0.6) is 0 Å². The van der Waals surface area contributed by atoms with Crippen molar-refractivity contribution in [2.24, 2.45) is 0 Å². The van der Waals surface area contributed by atoms with E-state index in [2.05, 4.69) is 5.32 Å². The summed E-state index contributed by atoms with van der Waals surface area (Å²) in [7, 11) is 1.61. The van der Waals surface area contributed by atoms with Gasteiger partial charge in [0.25, 0.3) is 0 Å². The van der Waals surface area contributed by atoms with Gasteiger partial charge in [-0.1, -0.05) is 29.3 Å². The predicted molar refractivity (Wildman–Crippen MR) is 82.1 cm³/mol. The first-order valence-corrected chi connectivity index (χ1v) is 7.74. The molecule has 0 fully saturated rings. The molecule has 0 aliphatic heterocycles. The summed E-state index contributed by atoms with van der Waals surface area (Å²) in [5.41, 5.74) is 1.05. The third-order valence-corrected chi connectivity index (χ3v) is 4.05. The van der Waals surface area contributed by atoms with E-state index in [0.717, 1.165) is 11.3 Å². The summed E-state index contributed by atoms with van der Waals surface area (Å²) in [6, 6.07) is 5.53. The number of methoxy groups -OCH3 is 1. The summed E-state index contributed by atoms with van der Waals surface area (Å²) in [4.78, 5) is 11.6. The van der Waals surface area contributed by atoms with Crippen LogP contribution >= 0.6 is 35.0 Å². The number of rotatable bonds is 7. The van der Waals surface area contributed by atoms with Crippen molar-refractivity contribution >= 4 is 40.9 Å². The van der Waals surface area contributed by atoms with Crippen molar-refractivity contribution in [3.63, 3.8) is 0 Å². The normalized spacial score (nSPS) is 12.2. The van der Waals surface area contributed by atoms with E-state index in [-0.39, 0.29) is 11.9 Å². The number of amides is 1. The monoisotopic (exact) mass is 321 g/mol. The molecule has 0 spiro atoms. The van der Waals surface area contributed by atoms with E-state index < -0.39 is 0 Å². The Labute approximate surface area is 128 Å². The van der Waals surface area contributed by atoms with Crippen LogP contribution in [0.1, 0.15) is 12.5 Å². The molecule has 1 aromatic carbocycles. The van der Waals surface area contributed by atoms with Gasteiger partial charge >= 0.3 is 0 Å². The maximum atomic E-state index is 11.6. The highest BCUT2D eigenvalue weighted by atomic mass is 35.5. The van der Waals surface area contributed by atoms with Gasteiger partial charge in [-0.15, -0.1) is 11.8 Å². The van der Waals surface area contributed by atoms with E-state index >= 15 is 0 Å². The lowest BCUT2D eigenvalue weighted by molar-refractivity contribution is -0.119. The Morgan fingerprint density at radius 2 is 2.16 bits per heavy atom. The maximum Gasteiger partial charge on any atom is 0.230 e. The van der Waals surface area contributed by atoms with Gasteiger partial charge in [-0.25, -0.2) is 0 Å². The van der Waals surface area contributed by atoms with Crippen LogP contribution in [0.25, 0.3) is 0 Å². The standard InChI is InChI=1S/C13H17Cl2NO2S/c1-9(6-18-2)16-13(17)8-19-7-10-3-4-11(14)12(15)5-10/h3-5,9H,6-8H2,1-2H3,(H,16,17). The van der Waals surface area contributed by atoms with Gasteiger partial charge in [-0.2, -0.15) is 0 Å². The fraction of sp³-hybridized carbons (Fsp3) is 0.462. The molecule has 1 rings (SSSR count). The second kappa shape index (κ2) is 8.69. The highest BCUT2D eigenvalue weighted by molar-refractivity contribution is 7.99. The number of halogens is 2. The van der Waals surface area contributed by atoms with Crippen molar-refractivity contribution in [3.05, 3.63) is 33.8 Å². The molecule has 3 nitrogen and oxygen atoms in total. The molecular weight excluding hydrogens is 305 g/mol. The second-order valence-corrected chi connectivity index (χ2v) is 5.97. The van der Waals surface area contributed by atoms with Crippen molar-refractivity contribution in [1.82, 2.24) is 5.32 Å². The Bertz CT molecular complexity index is 429. The average molecular weight is 322 g/mol. The molecule has 0 aliphatic carbocycles. The van der Waals surface area contributed by atoms with E-state index in [1.807, 2.05) is 19.1 Å². The Morgan fingerprint density at radius 3 is 2.79 bits per heavy atom. The van der Waals surface area contributed by atoms with Crippen molar-refractivity contribution < 1.29 is 9.53 Å². The molecule has 1 atom stereocenters. The third kappa shape index (κ3) is 6.52. The fourth-order valence-electron chi connectivity index (χ4n) is 1.50. The summed E-state index contributed by atoms with van der Waals surface area (Å²) >= 11 is 13.3. The highest BCUT2D eigenvalue weighted by Gasteiger charge is 2.07. The Kier molecular flexibility index (Phi) is 7.61. The first-order chi connectivity index (χ1) is 9.02. The molecule has 0 aromatic heterocycles. The maximum absolute atomic E-state index is 11.6. The van der Waals surface area contributed by atoms with Crippen molar-refractivity contribution in [2.75, 3.05) is 19.5 Å². The fourth-order valence-corrected chi connectivity index (χ4v) is 2.61. The van der Waals surface area contributed by atoms with Gasteiger partial charge < -0.3 is 10.1 Å². The minimum atomic E-state index is 0.00890. The number of carbonyl (C=O) groups is 1. The van der Waals surface area contributed by atoms with E-state index in [4.69, 9.17) is 27.9 Å². The molecule has 106 valence electrons. The topological polar surface area (TPSA) is 38.3 Å². The highest BCUT2D eigenvalue weighted by Crippen LogP contribution is 2.24. The first-order valence-electron chi connectivity index (χ1n) is 5.83. The Hall–Kier alpha value is -0.420. The molecule has 0 bridgehead atoms. The summed E-state index contributed by atoms with van der Waals surface area (Å²) < 4.78 is 4.95. The van der Waals surface area contributed by atoms with Crippen LogP contribution < -0.4 is 5.32 Å². The molecule has 19 heavy (non-hydrogen) atoms. The molecule has 1 unspecified atom stereocenters. The summed E-state index contributed by atoms with van der Waals surface area (Å²) in [6.45, 7) is 2.42. The predicted octanol–water partition coefficient (Wildman–Crippen LogP) is 3.38. The van der Waals surface area contributed by atoms with Gasteiger partial charge in [0.2, 0.25) is 5.91 Å². The largest absolute Gasteiger partial charge is 0.383 e. The van der Waals surface area contributed by atoms with Gasteiger partial charge in [-0.05, 0) is 24.6 Å². The van der Waals surface area contributed by atoms with Gasteiger partial charge in [0.05, 0.1) is 22.4 Å².